The summed E-state index contributed by atoms with van der Waals surface area (Å²) in [5.74, 6) is -1.18. The minimum Gasteiger partial charge on any atom is -0.465 e. The molecule has 21 heavy (non-hydrogen) atoms. The summed E-state index contributed by atoms with van der Waals surface area (Å²) in [7, 11) is 1.24. The largest absolute Gasteiger partial charge is 0.465 e. The fourth-order valence-corrected chi connectivity index (χ4v) is 2.42. The van der Waals surface area contributed by atoms with E-state index in [-0.39, 0.29) is 16.9 Å². The predicted octanol–water partition coefficient (Wildman–Crippen LogP) is 4.46. The Hall–Kier alpha value is -1.60. The van der Waals surface area contributed by atoms with Crippen molar-refractivity contribution in [3.63, 3.8) is 0 Å². The minimum atomic E-state index is -0.621. The number of esters is 1. The molecule has 0 saturated carbocycles. The maximum absolute atomic E-state index is 14.0. The van der Waals surface area contributed by atoms with Crippen LogP contribution in [-0.4, -0.2) is 13.1 Å². The first-order valence-corrected chi connectivity index (χ1v) is 7.40. The van der Waals surface area contributed by atoms with Crippen LogP contribution >= 0.6 is 31.9 Å². The number of rotatable bonds is 3. The summed E-state index contributed by atoms with van der Waals surface area (Å²) in [6.45, 7) is 0. The smallest absolute Gasteiger partial charge is 0.340 e. The van der Waals surface area contributed by atoms with Crippen LogP contribution in [0.25, 0.3) is 0 Å². The molecule has 3 N–H and O–H groups in total. The molecule has 0 fully saturated rings. The number of carbonyl (C=O) groups is 1. The third kappa shape index (κ3) is 3.54. The van der Waals surface area contributed by atoms with Gasteiger partial charge >= 0.3 is 5.97 Å². The van der Waals surface area contributed by atoms with Gasteiger partial charge in [0.25, 0.3) is 0 Å². The maximum atomic E-state index is 14.0. The molecule has 0 bridgehead atoms. The normalized spacial score (nSPS) is 10.3. The number of hydrogen-bond donors (Lipinski definition) is 2. The van der Waals surface area contributed by atoms with Crippen LogP contribution in [0.5, 0.6) is 0 Å². The molecular weight excluding hydrogens is 407 g/mol. The Kier molecular flexibility index (Phi) is 4.84. The molecule has 0 radical (unpaired) electrons. The Morgan fingerprint density at radius 1 is 1.24 bits per heavy atom. The average molecular weight is 418 g/mol. The van der Waals surface area contributed by atoms with E-state index < -0.39 is 11.8 Å². The molecular formula is C14H11Br2FN2O2. The Balaban J connectivity index is 2.44. The van der Waals surface area contributed by atoms with Gasteiger partial charge in [0.15, 0.2) is 0 Å². The Morgan fingerprint density at radius 2 is 1.95 bits per heavy atom. The van der Waals surface area contributed by atoms with E-state index in [1.54, 1.807) is 6.07 Å². The van der Waals surface area contributed by atoms with Crippen LogP contribution < -0.4 is 11.1 Å². The van der Waals surface area contributed by atoms with Crippen molar-refractivity contribution in [1.29, 1.82) is 0 Å². The zero-order chi connectivity index (χ0) is 15.6. The number of nitrogens with one attached hydrogen (secondary N) is 1. The lowest BCUT2D eigenvalue weighted by Gasteiger charge is -2.12. The second-order valence-electron chi connectivity index (χ2n) is 4.16. The highest BCUT2D eigenvalue weighted by molar-refractivity contribution is 9.11. The molecule has 0 saturated heterocycles. The van der Waals surface area contributed by atoms with Crippen LogP contribution in [-0.2, 0) is 4.74 Å². The lowest BCUT2D eigenvalue weighted by Crippen LogP contribution is -2.08. The van der Waals surface area contributed by atoms with Gasteiger partial charge in [-0.25, -0.2) is 9.18 Å². The van der Waals surface area contributed by atoms with E-state index in [1.807, 2.05) is 12.1 Å². The molecule has 2 aromatic carbocycles. The number of nitrogen functional groups attached to an aromatic ring is 1. The van der Waals surface area contributed by atoms with E-state index in [0.29, 0.717) is 5.69 Å². The topological polar surface area (TPSA) is 64.3 Å². The van der Waals surface area contributed by atoms with E-state index >= 15 is 0 Å². The lowest BCUT2D eigenvalue weighted by atomic mass is 10.1. The maximum Gasteiger partial charge on any atom is 0.340 e. The summed E-state index contributed by atoms with van der Waals surface area (Å²) in [6.07, 6.45) is 0. The number of nitrogens with two attached hydrogens (primary N) is 1. The number of ether oxygens (including phenoxy) is 1. The molecule has 4 nitrogen and oxygen atoms in total. The van der Waals surface area contributed by atoms with E-state index in [1.165, 1.54) is 13.2 Å². The Morgan fingerprint density at radius 3 is 2.62 bits per heavy atom. The van der Waals surface area contributed by atoms with Crippen LogP contribution in [0.4, 0.5) is 21.5 Å². The highest BCUT2D eigenvalue weighted by atomic mass is 79.9. The van der Waals surface area contributed by atoms with Crippen molar-refractivity contribution >= 4 is 54.9 Å². The molecule has 0 amide bonds. The number of methoxy groups -OCH3 is 1. The second kappa shape index (κ2) is 6.44. The summed E-state index contributed by atoms with van der Waals surface area (Å²) < 4.78 is 20.2. The molecule has 0 aromatic heterocycles. The summed E-state index contributed by atoms with van der Waals surface area (Å²) in [6, 6.07) is 7.83. The van der Waals surface area contributed by atoms with Crippen molar-refractivity contribution < 1.29 is 13.9 Å². The molecule has 2 aromatic rings. The van der Waals surface area contributed by atoms with Gasteiger partial charge in [-0.2, -0.15) is 0 Å². The summed E-state index contributed by atoms with van der Waals surface area (Å²) in [5.41, 5.74) is 6.53. The van der Waals surface area contributed by atoms with Crippen LogP contribution in [0.15, 0.2) is 39.3 Å². The van der Waals surface area contributed by atoms with Gasteiger partial charge in [0.05, 0.1) is 24.0 Å². The Labute approximate surface area is 137 Å². The van der Waals surface area contributed by atoms with Crippen LogP contribution in [0, 0.1) is 5.82 Å². The van der Waals surface area contributed by atoms with Gasteiger partial charge in [0.2, 0.25) is 0 Å². The van der Waals surface area contributed by atoms with Crippen molar-refractivity contribution in [2.24, 2.45) is 0 Å². The highest BCUT2D eigenvalue weighted by Crippen LogP contribution is 2.31. The predicted molar refractivity (Wildman–Crippen MR) is 87.3 cm³/mol. The standard InChI is InChI=1S/C14H11Br2FN2O2/c1-21-14(20)8-5-13(10(17)6-11(8)18)19-12-4-7(15)2-3-9(12)16/h2-6,19H,18H2,1H3. The molecule has 2 rings (SSSR count). The third-order valence-corrected chi connectivity index (χ3v) is 3.93. The summed E-state index contributed by atoms with van der Waals surface area (Å²) in [4.78, 5) is 11.6. The van der Waals surface area contributed by atoms with Gasteiger partial charge in [-0.1, -0.05) is 15.9 Å². The molecule has 110 valence electrons. The Bertz CT molecular complexity index is 708. The number of anilines is 3. The first kappa shape index (κ1) is 15.8. The number of hydrogen-bond acceptors (Lipinski definition) is 4. The molecule has 0 aliphatic rings. The van der Waals surface area contributed by atoms with Crippen molar-refractivity contribution in [3.8, 4) is 0 Å². The molecule has 0 aliphatic carbocycles. The summed E-state index contributed by atoms with van der Waals surface area (Å²) in [5, 5.41) is 2.91. The number of benzene rings is 2. The quantitative estimate of drug-likeness (QED) is 0.571. The van der Waals surface area contributed by atoms with Crippen LogP contribution in [0.1, 0.15) is 10.4 Å². The first-order valence-electron chi connectivity index (χ1n) is 5.81. The fraction of sp³-hybridized carbons (Fsp3) is 0.0714. The summed E-state index contributed by atoms with van der Waals surface area (Å²) >= 11 is 6.71. The van der Waals surface area contributed by atoms with Gasteiger partial charge in [-0.15, -0.1) is 0 Å². The van der Waals surface area contributed by atoms with Gasteiger partial charge in [-0.3, -0.25) is 0 Å². The number of carbonyl (C=O) groups excluding carboxylic acids is 1. The molecule has 7 heteroatoms. The molecule has 0 spiro atoms. The fourth-order valence-electron chi connectivity index (χ4n) is 1.71. The zero-order valence-corrected chi connectivity index (χ0v) is 14.1. The average Bonchev–Trinajstić information content (AvgIpc) is 2.44. The van der Waals surface area contributed by atoms with Crippen molar-refractivity contribution in [2.45, 2.75) is 0 Å². The third-order valence-electron chi connectivity index (χ3n) is 2.74. The van der Waals surface area contributed by atoms with Gasteiger partial charge in [-0.05, 0) is 46.3 Å². The van der Waals surface area contributed by atoms with Crippen molar-refractivity contribution in [2.75, 3.05) is 18.2 Å². The van der Waals surface area contributed by atoms with E-state index in [4.69, 9.17) is 5.73 Å². The van der Waals surface area contributed by atoms with Gasteiger partial charge < -0.3 is 15.8 Å². The van der Waals surface area contributed by atoms with Crippen LogP contribution in [0.2, 0.25) is 0 Å². The molecule has 0 aliphatic heterocycles. The second-order valence-corrected chi connectivity index (χ2v) is 5.93. The lowest BCUT2D eigenvalue weighted by molar-refractivity contribution is 0.0602. The van der Waals surface area contributed by atoms with Gasteiger partial charge in [0, 0.05) is 14.6 Å². The van der Waals surface area contributed by atoms with E-state index in [0.717, 1.165) is 15.0 Å². The molecule has 0 heterocycles. The zero-order valence-electron chi connectivity index (χ0n) is 10.9. The van der Waals surface area contributed by atoms with Gasteiger partial charge in [0.1, 0.15) is 5.82 Å². The SMILES string of the molecule is COC(=O)c1cc(Nc2cc(Br)ccc2Br)c(F)cc1N. The monoisotopic (exact) mass is 416 g/mol. The van der Waals surface area contributed by atoms with E-state index in [2.05, 4.69) is 41.9 Å². The highest BCUT2D eigenvalue weighted by Gasteiger charge is 2.15. The van der Waals surface area contributed by atoms with Crippen molar-refractivity contribution in [3.05, 3.63) is 50.7 Å². The molecule has 0 atom stereocenters. The molecule has 0 unspecified atom stereocenters. The minimum absolute atomic E-state index is 0.0261. The van der Waals surface area contributed by atoms with E-state index in [9.17, 15) is 9.18 Å². The first-order chi connectivity index (χ1) is 9.92. The van der Waals surface area contributed by atoms with Crippen LogP contribution in [0.3, 0.4) is 0 Å². The number of halogens is 3. The van der Waals surface area contributed by atoms with Crippen molar-refractivity contribution in [1.82, 2.24) is 0 Å².